The average Bonchev–Trinajstić information content (AvgIpc) is 2.95. The molecule has 1 aliphatic heterocycles. The van der Waals surface area contributed by atoms with Gasteiger partial charge < -0.3 is 24.4 Å². The highest BCUT2D eigenvalue weighted by Gasteiger charge is 2.14. The Balaban J connectivity index is 1.71. The quantitative estimate of drug-likeness (QED) is 0.672. The number of benzene rings is 1. The summed E-state index contributed by atoms with van der Waals surface area (Å²) in [7, 11) is 0. The lowest BCUT2D eigenvalue weighted by Gasteiger charge is -2.23. The van der Waals surface area contributed by atoms with E-state index >= 15 is 0 Å². The van der Waals surface area contributed by atoms with Crippen LogP contribution >= 0.6 is 0 Å². The van der Waals surface area contributed by atoms with E-state index in [1.807, 2.05) is 23.1 Å². The van der Waals surface area contributed by atoms with Gasteiger partial charge in [-0.25, -0.2) is 0 Å². The van der Waals surface area contributed by atoms with Gasteiger partial charge in [0.25, 0.3) is 0 Å². The fourth-order valence-corrected chi connectivity index (χ4v) is 2.45. The minimum Gasteiger partial charge on any atom is -0.454 e. The molecule has 0 aromatic heterocycles. The summed E-state index contributed by atoms with van der Waals surface area (Å²) in [5.41, 5.74) is 0.984. The molecule has 0 amide bonds. The van der Waals surface area contributed by atoms with Crippen molar-refractivity contribution in [1.29, 1.82) is 0 Å². The molecular formula is C16H25NO5. The van der Waals surface area contributed by atoms with E-state index < -0.39 is 6.10 Å². The molecule has 0 aliphatic carbocycles. The van der Waals surface area contributed by atoms with E-state index in [-0.39, 0.29) is 20.0 Å². The van der Waals surface area contributed by atoms with Gasteiger partial charge in [-0.15, -0.1) is 0 Å². The number of hydrogen-bond acceptors (Lipinski definition) is 6. The summed E-state index contributed by atoms with van der Waals surface area (Å²) in [6, 6.07) is 5.68. The standard InChI is InChI=1S/C16H25NO5/c1-2-5-17(6-7-18)9-14(19)11-20-10-13-3-4-15-16(8-13)22-12-21-15/h3-4,8,14,18-19H,2,5-7,9-12H2,1H3/t14-/m0/s1. The molecule has 1 heterocycles. The smallest absolute Gasteiger partial charge is 0.231 e. The first-order valence-electron chi connectivity index (χ1n) is 7.70. The third-order valence-corrected chi connectivity index (χ3v) is 3.44. The van der Waals surface area contributed by atoms with Gasteiger partial charge in [-0.05, 0) is 30.7 Å². The molecule has 1 atom stereocenters. The molecule has 6 nitrogen and oxygen atoms in total. The van der Waals surface area contributed by atoms with E-state index in [0.717, 1.165) is 30.0 Å². The van der Waals surface area contributed by atoms with E-state index in [1.54, 1.807) is 0 Å². The van der Waals surface area contributed by atoms with Crippen LogP contribution in [0.25, 0.3) is 0 Å². The second-order valence-electron chi connectivity index (χ2n) is 5.38. The van der Waals surface area contributed by atoms with E-state index in [0.29, 0.717) is 19.7 Å². The Morgan fingerprint density at radius 2 is 2.09 bits per heavy atom. The maximum atomic E-state index is 10.0. The van der Waals surface area contributed by atoms with E-state index in [4.69, 9.17) is 19.3 Å². The zero-order valence-corrected chi connectivity index (χ0v) is 13.0. The number of nitrogens with zero attached hydrogens (tertiary/aromatic N) is 1. The lowest BCUT2D eigenvalue weighted by atomic mass is 10.2. The van der Waals surface area contributed by atoms with Crippen molar-refractivity contribution in [1.82, 2.24) is 4.90 Å². The van der Waals surface area contributed by atoms with Crippen LogP contribution in [0.1, 0.15) is 18.9 Å². The van der Waals surface area contributed by atoms with Gasteiger partial charge in [0.2, 0.25) is 6.79 Å². The normalized spacial score (nSPS) is 14.5. The summed E-state index contributed by atoms with van der Waals surface area (Å²) in [5.74, 6) is 1.49. The van der Waals surface area contributed by atoms with Crippen molar-refractivity contribution in [3.05, 3.63) is 23.8 Å². The first-order valence-corrected chi connectivity index (χ1v) is 7.70. The van der Waals surface area contributed by atoms with Crippen LogP contribution in [0.15, 0.2) is 18.2 Å². The van der Waals surface area contributed by atoms with Gasteiger partial charge in [0.15, 0.2) is 11.5 Å². The average molecular weight is 311 g/mol. The molecule has 2 rings (SSSR count). The molecule has 0 spiro atoms. The molecule has 1 aliphatic rings. The monoisotopic (exact) mass is 311 g/mol. The highest BCUT2D eigenvalue weighted by molar-refractivity contribution is 5.44. The molecule has 0 radical (unpaired) electrons. The zero-order chi connectivity index (χ0) is 15.8. The predicted molar refractivity (Wildman–Crippen MR) is 82.0 cm³/mol. The molecule has 0 saturated heterocycles. The third-order valence-electron chi connectivity index (χ3n) is 3.44. The second kappa shape index (κ2) is 8.95. The SMILES string of the molecule is CCCN(CCO)C[C@H](O)COCc1ccc2c(c1)OCO2. The van der Waals surface area contributed by atoms with E-state index in [1.165, 1.54) is 0 Å². The van der Waals surface area contributed by atoms with Crippen molar-refractivity contribution in [2.75, 3.05) is 39.6 Å². The number of aliphatic hydroxyl groups is 2. The third kappa shape index (κ3) is 5.14. The maximum absolute atomic E-state index is 10.0. The number of fused-ring (bicyclic) bond motifs is 1. The lowest BCUT2D eigenvalue weighted by molar-refractivity contribution is 0.00764. The molecule has 2 N–H and O–H groups in total. The van der Waals surface area contributed by atoms with E-state index in [9.17, 15) is 5.11 Å². The molecule has 124 valence electrons. The predicted octanol–water partition coefficient (Wildman–Crippen LogP) is 0.997. The Morgan fingerprint density at radius 3 is 2.86 bits per heavy atom. The molecule has 0 fully saturated rings. The molecule has 0 unspecified atom stereocenters. The lowest BCUT2D eigenvalue weighted by Crippen LogP contribution is -2.37. The molecular weight excluding hydrogens is 286 g/mol. The molecule has 0 saturated carbocycles. The Kier molecular flexibility index (Phi) is 6.92. The second-order valence-corrected chi connectivity index (χ2v) is 5.38. The van der Waals surface area contributed by atoms with Gasteiger partial charge in [0.1, 0.15) is 0 Å². The van der Waals surface area contributed by atoms with Crippen LogP contribution in [-0.2, 0) is 11.3 Å². The van der Waals surface area contributed by atoms with Crippen molar-refractivity contribution in [3.8, 4) is 11.5 Å². The molecule has 1 aromatic rings. The van der Waals surface area contributed by atoms with E-state index in [2.05, 4.69) is 6.92 Å². The minimum atomic E-state index is -0.563. The highest BCUT2D eigenvalue weighted by atomic mass is 16.7. The van der Waals surface area contributed by atoms with Gasteiger partial charge in [-0.1, -0.05) is 13.0 Å². The zero-order valence-electron chi connectivity index (χ0n) is 13.0. The Hall–Kier alpha value is -1.34. The summed E-state index contributed by atoms with van der Waals surface area (Å²) in [6.45, 7) is 5.07. The van der Waals surface area contributed by atoms with Crippen LogP contribution in [0.3, 0.4) is 0 Å². The summed E-state index contributed by atoms with van der Waals surface area (Å²) >= 11 is 0. The summed E-state index contributed by atoms with van der Waals surface area (Å²) in [4.78, 5) is 2.04. The van der Waals surface area contributed by atoms with Gasteiger partial charge in [-0.2, -0.15) is 0 Å². The fourth-order valence-electron chi connectivity index (χ4n) is 2.45. The van der Waals surface area contributed by atoms with Crippen molar-refractivity contribution >= 4 is 0 Å². The summed E-state index contributed by atoms with van der Waals surface area (Å²) in [6.07, 6.45) is 0.428. The summed E-state index contributed by atoms with van der Waals surface area (Å²) in [5, 5.41) is 19.0. The van der Waals surface area contributed by atoms with Crippen LogP contribution in [0.5, 0.6) is 11.5 Å². The van der Waals surface area contributed by atoms with Crippen LogP contribution in [0.2, 0.25) is 0 Å². The van der Waals surface area contributed by atoms with Crippen molar-refractivity contribution < 1.29 is 24.4 Å². The number of ether oxygens (including phenoxy) is 3. The van der Waals surface area contributed by atoms with Gasteiger partial charge in [0, 0.05) is 13.1 Å². The van der Waals surface area contributed by atoms with Crippen LogP contribution < -0.4 is 9.47 Å². The Bertz CT molecular complexity index is 448. The highest BCUT2D eigenvalue weighted by Crippen LogP contribution is 2.32. The fraction of sp³-hybridized carbons (Fsp3) is 0.625. The largest absolute Gasteiger partial charge is 0.454 e. The molecule has 1 aromatic carbocycles. The van der Waals surface area contributed by atoms with Crippen molar-refractivity contribution in [2.45, 2.75) is 26.1 Å². The van der Waals surface area contributed by atoms with Crippen LogP contribution in [0.4, 0.5) is 0 Å². The topological polar surface area (TPSA) is 71.4 Å². The van der Waals surface area contributed by atoms with Gasteiger partial charge in [0.05, 0.1) is 25.9 Å². The Morgan fingerprint density at radius 1 is 1.27 bits per heavy atom. The number of hydrogen-bond donors (Lipinski definition) is 2. The maximum Gasteiger partial charge on any atom is 0.231 e. The Labute approximate surface area is 131 Å². The first kappa shape index (κ1) is 17.0. The van der Waals surface area contributed by atoms with Gasteiger partial charge in [-0.3, -0.25) is 4.90 Å². The first-order chi connectivity index (χ1) is 10.7. The number of aliphatic hydroxyl groups excluding tert-OH is 2. The van der Waals surface area contributed by atoms with Crippen LogP contribution in [0, 0.1) is 0 Å². The molecule has 22 heavy (non-hydrogen) atoms. The van der Waals surface area contributed by atoms with Crippen LogP contribution in [-0.4, -0.2) is 60.9 Å². The minimum absolute atomic E-state index is 0.102. The van der Waals surface area contributed by atoms with Crippen molar-refractivity contribution in [2.24, 2.45) is 0 Å². The van der Waals surface area contributed by atoms with Crippen molar-refractivity contribution in [3.63, 3.8) is 0 Å². The number of rotatable bonds is 10. The molecule has 0 bridgehead atoms. The van der Waals surface area contributed by atoms with Gasteiger partial charge >= 0.3 is 0 Å². The molecule has 6 heteroatoms. The summed E-state index contributed by atoms with van der Waals surface area (Å²) < 4.78 is 16.1.